The molecular weight excluding hydrogens is 372 g/mol. The van der Waals surface area contributed by atoms with E-state index in [9.17, 15) is 20.4 Å². The van der Waals surface area contributed by atoms with Crippen LogP contribution in [-0.2, 0) is 11.2 Å². The van der Waals surface area contributed by atoms with Crippen LogP contribution in [0.25, 0.3) is 0 Å². The van der Waals surface area contributed by atoms with Crippen molar-refractivity contribution in [1.29, 1.82) is 0 Å². The maximum Gasteiger partial charge on any atom is 0.119 e. The van der Waals surface area contributed by atoms with Crippen LogP contribution in [0.5, 0.6) is 5.75 Å². The van der Waals surface area contributed by atoms with Crippen LogP contribution in [-0.4, -0.2) is 58.1 Å². The average Bonchev–Trinajstić information content (AvgIpc) is 2.74. The molecule has 6 heteroatoms. The van der Waals surface area contributed by atoms with E-state index in [2.05, 4.69) is 5.92 Å². The number of benzene rings is 2. The smallest absolute Gasteiger partial charge is 0.119 e. The third-order valence-electron chi connectivity index (χ3n) is 5.13. The van der Waals surface area contributed by atoms with Gasteiger partial charge in [-0.2, -0.15) is 0 Å². The standard InChI is InChI=1S/C23H26O6/c1-3-15-7-8-16(23-22(27)21(26)20(25)19(13-24)29-23)12-17(15)11-14-5-9-18(10-6-14)28-4-2/h1,5-10,12,19-27H,4,11,13H2,2H3/t19?,20-,21+,22-,23+/m1/s1. The van der Waals surface area contributed by atoms with Crippen molar-refractivity contribution < 1.29 is 29.9 Å². The molecule has 1 heterocycles. The quantitative estimate of drug-likeness (QED) is 0.546. The summed E-state index contributed by atoms with van der Waals surface area (Å²) in [6.07, 6.45) is 0.224. The Bertz CT molecular complexity index is 855. The Kier molecular flexibility index (Phi) is 6.91. The molecule has 2 aromatic carbocycles. The van der Waals surface area contributed by atoms with Gasteiger partial charge in [0.25, 0.3) is 0 Å². The maximum atomic E-state index is 10.4. The first-order chi connectivity index (χ1) is 14.0. The van der Waals surface area contributed by atoms with E-state index in [1.807, 2.05) is 37.3 Å². The van der Waals surface area contributed by atoms with Gasteiger partial charge in [-0.25, -0.2) is 0 Å². The summed E-state index contributed by atoms with van der Waals surface area (Å²) in [7, 11) is 0. The second-order valence-electron chi connectivity index (χ2n) is 7.06. The van der Waals surface area contributed by atoms with Crippen LogP contribution < -0.4 is 4.74 Å². The minimum absolute atomic E-state index is 0.469. The number of aliphatic hydroxyl groups is 4. The van der Waals surface area contributed by atoms with Gasteiger partial charge >= 0.3 is 0 Å². The number of aliphatic hydroxyl groups excluding tert-OH is 4. The Morgan fingerprint density at radius 1 is 1.03 bits per heavy atom. The lowest BCUT2D eigenvalue weighted by Crippen LogP contribution is -2.55. The highest BCUT2D eigenvalue weighted by Crippen LogP contribution is 2.33. The number of rotatable bonds is 6. The van der Waals surface area contributed by atoms with Gasteiger partial charge in [-0.3, -0.25) is 0 Å². The van der Waals surface area contributed by atoms with Gasteiger partial charge in [-0.15, -0.1) is 6.42 Å². The van der Waals surface area contributed by atoms with Crippen LogP contribution in [0, 0.1) is 12.3 Å². The molecule has 1 unspecified atom stereocenters. The predicted molar refractivity (Wildman–Crippen MR) is 108 cm³/mol. The minimum Gasteiger partial charge on any atom is -0.494 e. The van der Waals surface area contributed by atoms with Gasteiger partial charge in [0, 0.05) is 5.56 Å². The van der Waals surface area contributed by atoms with Gasteiger partial charge in [-0.05, 0) is 48.2 Å². The maximum absolute atomic E-state index is 10.4. The highest BCUT2D eigenvalue weighted by atomic mass is 16.5. The zero-order valence-corrected chi connectivity index (χ0v) is 16.2. The van der Waals surface area contributed by atoms with E-state index >= 15 is 0 Å². The highest BCUT2D eigenvalue weighted by Gasteiger charge is 2.43. The Labute approximate surface area is 170 Å². The monoisotopic (exact) mass is 398 g/mol. The largest absolute Gasteiger partial charge is 0.494 e. The topological polar surface area (TPSA) is 99.4 Å². The molecule has 2 aromatic rings. The van der Waals surface area contributed by atoms with Crippen molar-refractivity contribution in [2.45, 2.75) is 43.9 Å². The molecule has 1 aliphatic rings. The Balaban J connectivity index is 1.87. The van der Waals surface area contributed by atoms with Crippen LogP contribution in [0.1, 0.15) is 35.3 Å². The third kappa shape index (κ3) is 4.61. The van der Waals surface area contributed by atoms with E-state index in [1.54, 1.807) is 12.1 Å². The molecule has 4 N–H and O–H groups in total. The molecule has 0 bridgehead atoms. The van der Waals surface area contributed by atoms with Gasteiger partial charge in [0.1, 0.15) is 36.3 Å². The molecular formula is C23H26O6. The van der Waals surface area contributed by atoms with E-state index in [4.69, 9.17) is 15.9 Å². The van der Waals surface area contributed by atoms with Crippen LogP contribution in [0.2, 0.25) is 0 Å². The molecule has 5 atom stereocenters. The first-order valence-electron chi connectivity index (χ1n) is 9.60. The molecule has 0 radical (unpaired) electrons. The fraction of sp³-hybridized carbons (Fsp3) is 0.391. The SMILES string of the molecule is C#Cc1ccc([C@@H]2OC(CO)[C@@H](O)[C@H](O)[C@H]2O)cc1Cc1ccc(OCC)cc1. The van der Waals surface area contributed by atoms with Crippen molar-refractivity contribution in [2.75, 3.05) is 13.2 Å². The van der Waals surface area contributed by atoms with Crippen molar-refractivity contribution in [3.05, 3.63) is 64.7 Å². The second-order valence-corrected chi connectivity index (χ2v) is 7.06. The average molecular weight is 398 g/mol. The van der Waals surface area contributed by atoms with Gasteiger partial charge in [0.15, 0.2) is 0 Å². The lowest BCUT2D eigenvalue weighted by atomic mass is 9.89. The van der Waals surface area contributed by atoms with Gasteiger partial charge in [0.05, 0.1) is 13.2 Å². The molecule has 29 heavy (non-hydrogen) atoms. The molecule has 0 amide bonds. The van der Waals surface area contributed by atoms with Crippen LogP contribution in [0.15, 0.2) is 42.5 Å². The Hall–Kier alpha value is -2.40. The number of hydrogen-bond donors (Lipinski definition) is 4. The van der Waals surface area contributed by atoms with E-state index in [1.165, 1.54) is 0 Å². The number of ether oxygens (including phenoxy) is 2. The molecule has 1 fully saturated rings. The van der Waals surface area contributed by atoms with Crippen molar-refractivity contribution >= 4 is 0 Å². The molecule has 3 rings (SSSR count). The van der Waals surface area contributed by atoms with Gasteiger partial charge < -0.3 is 29.9 Å². The second kappa shape index (κ2) is 9.40. The van der Waals surface area contributed by atoms with Gasteiger partial charge in [-0.1, -0.05) is 30.2 Å². The normalized spacial score (nSPS) is 26.7. The minimum atomic E-state index is -1.42. The van der Waals surface area contributed by atoms with E-state index in [0.717, 1.165) is 16.9 Å². The van der Waals surface area contributed by atoms with Crippen LogP contribution >= 0.6 is 0 Å². The van der Waals surface area contributed by atoms with Gasteiger partial charge in [0.2, 0.25) is 0 Å². The van der Waals surface area contributed by atoms with Crippen LogP contribution in [0.4, 0.5) is 0 Å². The molecule has 1 aliphatic heterocycles. The summed E-state index contributed by atoms with van der Waals surface area (Å²) >= 11 is 0. The Morgan fingerprint density at radius 3 is 2.38 bits per heavy atom. The molecule has 0 aromatic heterocycles. The molecule has 0 aliphatic carbocycles. The lowest BCUT2D eigenvalue weighted by molar-refractivity contribution is -0.231. The summed E-state index contributed by atoms with van der Waals surface area (Å²) in [4.78, 5) is 0. The molecule has 1 saturated heterocycles. The number of terminal acetylenes is 1. The highest BCUT2D eigenvalue weighted by molar-refractivity contribution is 5.46. The van der Waals surface area contributed by atoms with E-state index < -0.39 is 37.1 Å². The first kappa shape index (κ1) is 21.3. The fourth-order valence-corrected chi connectivity index (χ4v) is 3.54. The van der Waals surface area contributed by atoms with Crippen molar-refractivity contribution in [3.8, 4) is 18.1 Å². The molecule has 0 spiro atoms. The summed E-state index contributed by atoms with van der Waals surface area (Å²) < 4.78 is 11.1. The summed E-state index contributed by atoms with van der Waals surface area (Å²) in [5, 5.41) is 39.9. The summed E-state index contributed by atoms with van der Waals surface area (Å²) in [6, 6.07) is 13.0. The predicted octanol–water partition coefficient (Wildman–Crippen LogP) is 1.17. The third-order valence-corrected chi connectivity index (χ3v) is 5.13. The summed E-state index contributed by atoms with van der Waals surface area (Å²) in [5.74, 6) is 3.46. The zero-order chi connectivity index (χ0) is 21.0. The molecule has 154 valence electrons. The molecule has 6 nitrogen and oxygen atoms in total. The van der Waals surface area contributed by atoms with E-state index in [0.29, 0.717) is 24.2 Å². The van der Waals surface area contributed by atoms with Crippen molar-refractivity contribution in [1.82, 2.24) is 0 Å². The summed E-state index contributed by atoms with van der Waals surface area (Å²) in [5.41, 5.74) is 3.23. The van der Waals surface area contributed by atoms with Crippen LogP contribution in [0.3, 0.4) is 0 Å². The van der Waals surface area contributed by atoms with Crippen molar-refractivity contribution in [3.63, 3.8) is 0 Å². The zero-order valence-electron chi connectivity index (χ0n) is 16.2. The summed E-state index contributed by atoms with van der Waals surface area (Å²) in [6.45, 7) is 2.06. The molecule has 0 saturated carbocycles. The first-order valence-corrected chi connectivity index (χ1v) is 9.60. The fourth-order valence-electron chi connectivity index (χ4n) is 3.54. The van der Waals surface area contributed by atoms with Crippen molar-refractivity contribution in [2.24, 2.45) is 0 Å². The van der Waals surface area contributed by atoms with E-state index in [-0.39, 0.29) is 0 Å². The number of hydrogen-bond acceptors (Lipinski definition) is 6. The lowest BCUT2D eigenvalue weighted by Gasteiger charge is -2.40. The Morgan fingerprint density at radius 2 is 1.76 bits per heavy atom.